The van der Waals surface area contributed by atoms with Gasteiger partial charge in [0.25, 0.3) is 0 Å². The number of pyridine rings is 1. The summed E-state index contributed by atoms with van der Waals surface area (Å²) >= 11 is 0. The number of aliphatic hydroxyl groups excluding tert-OH is 1. The standard InChI is InChI=1S/C16H26N2O/c1-11-6-13(11)9-18(5)15-8-12(10-19)7-14(17-15)16(2,3)4/h7-8,11,13,19H,6,9-10H2,1-5H3. The summed E-state index contributed by atoms with van der Waals surface area (Å²) in [6.45, 7) is 9.91. The minimum atomic E-state index is 0.00758. The first-order chi connectivity index (χ1) is 8.81. The number of rotatable bonds is 4. The number of hydrogen-bond acceptors (Lipinski definition) is 3. The van der Waals surface area contributed by atoms with Crippen LogP contribution < -0.4 is 4.90 Å². The summed E-state index contributed by atoms with van der Waals surface area (Å²) < 4.78 is 0. The zero-order chi connectivity index (χ0) is 14.2. The van der Waals surface area contributed by atoms with Crippen LogP contribution in [0.2, 0.25) is 0 Å². The monoisotopic (exact) mass is 262 g/mol. The molecular weight excluding hydrogens is 236 g/mol. The smallest absolute Gasteiger partial charge is 0.128 e. The van der Waals surface area contributed by atoms with E-state index in [0.717, 1.165) is 35.5 Å². The van der Waals surface area contributed by atoms with Gasteiger partial charge in [-0.15, -0.1) is 0 Å². The minimum absolute atomic E-state index is 0.00758. The van der Waals surface area contributed by atoms with Gasteiger partial charge in [-0.05, 0) is 36.0 Å². The van der Waals surface area contributed by atoms with E-state index in [1.54, 1.807) is 0 Å². The van der Waals surface area contributed by atoms with E-state index in [1.165, 1.54) is 6.42 Å². The minimum Gasteiger partial charge on any atom is -0.392 e. The van der Waals surface area contributed by atoms with E-state index in [4.69, 9.17) is 4.98 Å². The van der Waals surface area contributed by atoms with Crippen molar-refractivity contribution in [3.63, 3.8) is 0 Å². The molecule has 106 valence electrons. The molecule has 1 fully saturated rings. The molecule has 0 aliphatic heterocycles. The second-order valence-corrected chi connectivity index (χ2v) is 6.98. The third kappa shape index (κ3) is 3.47. The van der Waals surface area contributed by atoms with Crippen LogP contribution >= 0.6 is 0 Å². The number of anilines is 1. The normalized spacial score (nSPS) is 22.4. The van der Waals surface area contributed by atoms with Gasteiger partial charge in [0.15, 0.2) is 0 Å². The van der Waals surface area contributed by atoms with E-state index >= 15 is 0 Å². The molecule has 1 aromatic heterocycles. The lowest BCUT2D eigenvalue weighted by Gasteiger charge is -2.24. The maximum Gasteiger partial charge on any atom is 0.128 e. The van der Waals surface area contributed by atoms with Crippen LogP contribution in [0.5, 0.6) is 0 Å². The van der Waals surface area contributed by atoms with Crippen LogP contribution in [0.25, 0.3) is 0 Å². The molecule has 3 heteroatoms. The summed E-state index contributed by atoms with van der Waals surface area (Å²) in [7, 11) is 2.10. The first kappa shape index (κ1) is 14.3. The highest BCUT2D eigenvalue weighted by atomic mass is 16.3. The van der Waals surface area contributed by atoms with E-state index in [9.17, 15) is 5.11 Å². The zero-order valence-electron chi connectivity index (χ0n) is 12.8. The Hall–Kier alpha value is -1.09. The van der Waals surface area contributed by atoms with Gasteiger partial charge >= 0.3 is 0 Å². The Morgan fingerprint density at radius 2 is 2.00 bits per heavy atom. The van der Waals surface area contributed by atoms with Crippen LogP contribution in [0.15, 0.2) is 12.1 Å². The van der Waals surface area contributed by atoms with Crippen LogP contribution in [0.3, 0.4) is 0 Å². The van der Waals surface area contributed by atoms with E-state index in [-0.39, 0.29) is 12.0 Å². The highest BCUT2D eigenvalue weighted by molar-refractivity contribution is 5.43. The number of hydrogen-bond donors (Lipinski definition) is 1. The highest BCUT2D eigenvalue weighted by Crippen LogP contribution is 2.38. The van der Waals surface area contributed by atoms with Crippen LogP contribution in [-0.4, -0.2) is 23.7 Å². The highest BCUT2D eigenvalue weighted by Gasteiger charge is 2.33. The predicted molar refractivity (Wildman–Crippen MR) is 79.4 cm³/mol. The Balaban J connectivity index is 2.23. The summed E-state index contributed by atoms with van der Waals surface area (Å²) in [6.07, 6.45) is 1.33. The first-order valence-corrected chi connectivity index (χ1v) is 7.14. The van der Waals surface area contributed by atoms with Gasteiger partial charge in [0.2, 0.25) is 0 Å². The van der Waals surface area contributed by atoms with Crippen molar-refractivity contribution in [3.8, 4) is 0 Å². The molecule has 1 N–H and O–H groups in total. The predicted octanol–water partition coefficient (Wildman–Crippen LogP) is 2.96. The second-order valence-electron chi connectivity index (χ2n) is 6.98. The lowest BCUT2D eigenvalue weighted by atomic mass is 9.91. The van der Waals surface area contributed by atoms with Gasteiger partial charge in [0.05, 0.1) is 6.61 Å². The molecule has 0 bridgehead atoms. The number of aromatic nitrogens is 1. The summed E-state index contributed by atoms with van der Waals surface area (Å²) in [4.78, 5) is 7.00. The Morgan fingerprint density at radius 1 is 1.37 bits per heavy atom. The topological polar surface area (TPSA) is 36.4 Å². The van der Waals surface area contributed by atoms with Crippen molar-refractivity contribution in [2.24, 2.45) is 11.8 Å². The molecule has 0 radical (unpaired) electrons. The summed E-state index contributed by atoms with van der Waals surface area (Å²) in [6, 6.07) is 4.01. The molecule has 19 heavy (non-hydrogen) atoms. The summed E-state index contributed by atoms with van der Waals surface area (Å²) in [5.41, 5.74) is 2.00. The molecule has 1 aliphatic carbocycles. The van der Waals surface area contributed by atoms with Gasteiger partial charge in [0.1, 0.15) is 5.82 Å². The van der Waals surface area contributed by atoms with E-state index in [2.05, 4.69) is 39.6 Å². The van der Waals surface area contributed by atoms with Crippen LogP contribution in [0, 0.1) is 11.8 Å². The Labute approximate surface area is 116 Å². The second kappa shape index (κ2) is 5.12. The maximum absolute atomic E-state index is 9.42. The molecule has 1 aromatic rings. The number of aliphatic hydroxyl groups is 1. The quantitative estimate of drug-likeness (QED) is 0.906. The van der Waals surface area contributed by atoms with Crippen molar-refractivity contribution < 1.29 is 5.11 Å². The molecule has 2 rings (SSSR count). The molecule has 1 heterocycles. The van der Waals surface area contributed by atoms with Crippen molar-refractivity contribution in [2.75, 3.05) is 18.5 Å². The largest absolute Gasteiger partial charge is 0.392 e. The molecule has 0 amide bonds. The SMILES string of the molecule is CC1CC1CN(C)c1cc(CO)cc(C(C)(C)C)n1. The molecule has 0 aromatic carbocycles. The first-order valence-electron chi connectivity index (χ1n) is 7.14. The summed E-state index contributed by atoms with van der Waals surface area (Å²) in [5.74, 6) is 2.64. The molecule has 1 aliphatic rings. The third-order valence-corrected chi connectivity index (χ3v) is 4.00. The molecule has 2 unspecified atom stereocenters. The number of nitrogens with zero attached hydrogens (tertiary/aromatic N) is 2. The van der Waals surface area contributed by atoms with Gasteiger partial charge < -0.3 is 10.0 Å². The van der Waals surface area contributed by atoms with Crippen molar-refractivity contribution in [1.29, 1.82) is 0 Å². The average Bonchev–Trinajstić information content (AvgIpc) is 3.03. The fourth-order valence-electron chi connectivity index (χ4n) is 2.34. The molecule has 0 saturated heterocycles. The Morgan fingerprint density at radius 3 is 2.47 bits per heavy atom. The van der Waals surface area contributed by atoms with Crippen LogP contribution in [0.1, 0.15) is 45.4 Å². The fraction of sp³-hybridized carbons (Fsp3) is 0.688. The molecule has 1 saturated carbocycles. The van der Waals surface area contributed by atoms with Gasteiger partial charge in [-0.3, -0.25) is 0 Å². The Bertz CT molecular complexity index is 451. The van der Waals surface area contributed by atoms with E-state index in [1.807, 2.05) is 12.1 Å². The third-order valence-electron chi connectivity index (χ3n) is 4.00. The van der Waals surface area contributed by atoms with Crippen molar-refractivity contribution >= 4 is 5.82 Å². The van der Waals surface area contributed by atoms with Gasteiger partial charge in [-0.1, -0.05) is 27.7 Å². The fourth-order valence-corrected chi connectivity index (χ4v) is 2.34. The van der Waals surface area contributed by atoms with Crippen molar-refractivity contribution in [1.82, 2.24) is 4.98 Å². The Kier molecular flexibility index (Phi) is 3.86. The molecule has 3 nitrogen and oxygen atoms in total. The van der Waals surface area contributed by atoms with Gasteiger partial charge in [-0.25, -0.2) is 4.98 Å². The van der Waals surface area contributed by atoms with Crippen molar-refractivity contribution in [2.45, 2.75) is 46.1 Å². The molecule has 2 atom stereocenters. The molecular formula is C16H26N2O. The van der Waals surface area contributed by atoms with E-state index < -0.39 is 0 Å². The average molecular weight is 262 g/mol. The molecule has 0 spiro atoms. The lowest BCUT2D eigenvalue weighted by Crippen LogP contribution is -2.24. The summed E-state index contributed by atoms with van der Waals surface area (Å²) in [5, 5.41) is 9.42. The van der Waals surface area contributed by atoms with Crippen molar-refractivity contribution in [3.05, 3.63) is 23.4 Å². The van der Waals surface area contributed by atoms with E-state index in [0.29, 0.717) is 0 Å². The lowest BCUT2D eigenvalue weighted by molar-refractivity contribution is 0.281. The maximum atomic E-state index is 9.42. The van der Waals surface area contributed by atoms with Crippen LogP contribution in [-0.2, 0) is 12.0 Å². The zero-order valence-corrected chi connectivity index (χ0v) is 12.8. The van der Waals surface area contributed by atoms with Gasteiger partial charge in [0, 0.05) is 24.7 Å². The van der Waals surface area contributed by atoms with Crippen LogP contribution in [0.4, 0.5) is 5.82 Å². The van der Waals surface area contributed by atoms with Gasteiger partial charge in [-0.2, -0.15) is 0 Å².